The minimum Gasteiger partial charge on any atom is -0.484 e. The number of hydrogen-bond donors (Lipinski definition) is 0. The molecule has 0 fully saturated rings. The summed E-state index contributed by atoms with van der Waals surface area (Å²) in [5, 5.41) is 8.86. The van der Waals surface area contributed by atoms with Crippen LogP contribution < -0.4 is 4.74 Å². The highest BCUT2D eigenvalue weighted by Gasteiger charge is 2.14. The van der Waals surface area contributed by atoms with E-state index in [1.165, 1.54) is 5.56 Å². The number of ether oxygens (including phenoxy) is 1. The van der Waals surface area contributed by atoms with Gasteiger partial charge in [0.25, 0.3) is 5.91 Å². The maximum atomic E-state index is 12.5. The van der Waals surface area contributed by atoms with Crippen molar-refractivity contribution < 1.29 is 9.53 Å². The first-order chi connectivity index (χ1) is 12.2. The molecule has 4 nitrogen and oxygen atoms in total. The van der Waals surface area contributed by atoms with Gasteiger partial charge in [-0.3, -0.25) is 4.79 Å². The number of nitriles is 1. The van der Waals surface area contributed by atoms with Crippen LogP contribution in [0.1, 0.15) is 37.0 Å². The average Bonchev–Trinajstić information content (AvgIpc) is 2.66. The van der Waals surface area contributed by atoms with Crippen LogP contribution in [-0.4, -0.2) is 24.0 Å². The molecule has 0 saturated carbocycles. The third kappa shape index (κ3) is 5.65. The van der Waals surface area contributed by atoms with Crippen molar-refractivity contribution in [3.63, 3.8) is 0 Å². The van der Waals surface area contributed by atoms with E-state index in [4.69, 9.17) is 10.00 Å². The molecule has 0 N–H and O–H groups in total. The Bertz CT molecular complexity index is 715. The van der Waals surface area contributed by atoms with E-state index in [0.717, 1.165) is 18.4 Å². The average molecular weight is 336 g/mol. The van der Waals surface area contributed by atoms with Crippen LogP contribution in [0.5, 0.6) is 5.75 Å². The molecule has 4 heteroatoms. The normalized spacial score (nSPS) is 10.1. The van der Waals surface area contributed by atoms with Gasteiger partial charge in [0.1, 0.15) is 5.75 Å². The van der Waals surface area contributed by atoms with Gasteiger partial charge in [-0.2, -0.15) is 5.26 Å². The summed E-state index contributed by atoms with van der Waals surface area (Å²) in [6, 6.07) is 17.3. The summed E-state index contributed by atoms with van der Waals surface area (Å²) >= 11 is 0. The maximum Gasteiger partial charge on any atom is 0.260 e. The zero-order valence-corrected chi connectivity index (χ0v) is 14.9. The monoisotopic (exact) mass is 336 g/mol. The molecule has 130 valence electrons. The molecule has 2 aromatic carbocycles. The molecule has 0 atom stereocenters. The van der Waals surface area contributed by atoms with E-state index in [1.807, 2.05) is 43.3 Å². The lowest BCUT2D eigenvalue weighted by Crippen LogP contribution is -2.35. The first-order valence-corrected chi connectivity index (χ1v) is 8.64. The zero-order valence-electron chi connectivity index (χ0n) is 14.9. The van der Waals surface area contributed by atoms with Gasteiger partial charge >= 0.3 is 0 Å². The molecular formula is C21H24N2O2. The van der Waals surface area contributed by atoms with Crippen molar-refractivity contribution in [3.8, 4) is 11.8 Å². The standard InChI is InChI=1S/C21H24N2O2/c1-3-13-23(15-19-7-5-18(14-22)6-8-19)21(24)16-25-20-11-9-17(4-2)10-12-20/h5-12H,3-4,13,15-16H2,1-2H3. The van der Waals surface area contributed by atoms with Gasteiger partial charge in [-0.25, -0.2) is 0 Å². The molecule has 25 heavy (non-hydrogen) atoms. The van der Waals surface area contributed by atoms with Gasteiger partial charge in [-0.05, 0) is 48.2 Å². The lowest BCUT2D eigenvalue weighted by atomic mass is 10.1. The summed E-state index contributed by atoms with van der Waals surface area (Å²) in [5.41, 5.74) is 2.87. The highest BCUT2D eigenvalue weighted by Crippen LogP contribution is 2.13. The SMILES string of the molecule is CCCN(Cc1ccc(C#N)cc1)C(=O)COc1ccc(CC)cc1. The summed E-state index contributed by atoms with van der Waals surface area (Å²) in [5.74, 6) is 0.672. The topological polar surface area (TPSA) is 53.3 Å². The second-order valence-electron chi connectivity index (χ2n) is 5.91. The van der Waals surface area contributed by atoms with E-state index in [-0.39, 0.29) is 12.5 Å². The molecule has 0 aliphatic heterocycles. The quantitative estimate of drug-likeness (QED) is 0.734. The Hall–Kier alpha value is -2.80. The Morgan fingerprint density at radius 1 is 1.04 bits per heavy atom. The maximum absolute atomic E-state index is 12.5. The van der Waals surface area contributed by atoms with Crippen molar-refractivity contribution in [2.24, 2.45) is 0 Å². The van der Waals surface area contributed by atoms with Crippen molar-refractivity contribution in [3.05, 3.63) is 65.2 Å². The van der Waals surface area contributed by atoms with E-state index in [0.29, 0.717) is 24.4 Å². The fourth-order valence-electron chi connectivity index (χ4n) is 2.52. The predicted molar refractivity (Wildman–Crippen MR) is 98.2 cm³/mol. The van der Waals surface area contributed by atoms with Crippen LogP contribution in [0.3, 0.4) is 0 Å². The molecule has 0 heterocycles. The third-order valence-electron chi connectivity index (χ3n) is 4.00. The molecular weight excluding hydrogens is 312 g/mol. The Labute approximate surface area is 149 Å². The van der Waals surface area contributed by atoms with Crippen molar-refractivity contribution in [2.45, 2.75) is 33.2 Å². The summed E-state index contributed by atoms with van der Waals surface area (Å²) in [6.07, 6.45) is 1.86. The van der Waals surface area contributed by atoms with Crippen LogP contribution in [0.15, 0.2) is 48.5 Å². The number of hydrogen-bond acceptors (Lipinski definition) is 3. The van der Waals surface area contributed by atoms with E-state index >= 15 is 0 Å². The molecule has 0 bridgehead atoms. The van der Waals surface area contributed by atoms with Gasteiger partial charge in [-0.15, -0.1) is 0 Å². The number of carbonyl (C=O) groups is 1. The lowest BCUT2D eigenvalue weighted by Gasteiger charge is -2.22. The van der Waals surface area contributed by atoms with Gasteiger partial charge < -0.3 is 9.64 Å². The smallest absolute Gasteiger partial charge is 0.260 e. The Kier molecular flexibility index (Phi) is 7.03. The van der Waals surface area contributed by atoms with Crippen LogP contribution in [0.25, 0.3) is 0 Å². The molecule has 0 saturated heterocycles. The minimum absolute atomic E-state index is 0.0295. The molecule has 0 aromatic heterocycles. The molecule has 0 spiro atoms. The van der Waals surface area contributed by atoms with E-state index in [2.05, 4.69) is 13.0 Å². The largest absolute Gasteiger partial charge is 0.484 e. The third-order valence-corrected chi connectivity index (χ3v) is 4.00. The molecule has 1 amide bonds. The Balaban J connectivity index is 1.95. The number of rotatable bonds is 8. The Morgan fingerprint density at radius 3 is 2.24 bits per heavy atom. The highest BCUT2D eigenvalue weighted by molar-refractivity contribution is 5.77. The van der Waals surface area contributed by atoms with E-state index in [1.54, 1.807) is 17.0 Å². The van der Waals surface area contributed by atoms with Crippen LogP contribution in [0.4, 0.5) is 0 Å². The highest BCUT2D eigenvalue weighted by atomic mass is 16.5. The second-order valence-corrected chi connectivity index (χ2v) is 5.91. The number of aryl methyl sites for hydroxylation is 1. The van der Waals surface area contributed by atoms with Gasteiger partial charge in [0.05, 0.1) is 11.6 Å². The molecule has 0 aliphatic carbocycles. The Morgan fingerprint density at radius 2 is 1.68 bits per heavy atom. The van der Waals surface area contributed by atoms with Gasteiger partial charge in [0.15, 0.2) is 6.61 Å². The van der Waals surface area contributed by atoms with Crippen molar-refractivity contribution >= 4 is 5.91 Å². The molecule has 2 aromatic rings. The fraction of sp³-hybridized carbons (Fsp3) is 0.333. The van der Waals surface area contributed by atoms with Gasteiger partial charge in [-0.1, -0.05) is 38.1 Å². The van der Waals surface area contributed by atoms with Gasteiger partial charge in [0.2, 0.25) is 0 Å². The fourth-order valence-corrected chi connectivity index (χ4v) is 2.52. The number of nitrogens with zero attached hydrogens (tertiary/aromatic N) is 2. The van der Waals surface area contributed by atoms with Crippen molar-refractivity contribution in [1.82, 2.24) is 4.90 Å². The number of amides is 1. The number of carbonyl (C=O) groups excluding carboxylic acids is 1. The molecule has 0 unspecified atom stereocenters. The van der Waals surface area contributed by atoms with Crippen molar-refractivity contribution in [1.29, 1.82) is 5.26 Å². The minimum atomic E-state index is -0.0363. The summed E-state index contributed by atoms with van der Waals surface area (Å²) in [6.45, 7) is 5.38. The van der Waals surface area contributed by atoms with E-state index in [9.17, 15) is 4.79 Å². The second kappa shape index (κ2) is 9.48. The van der Waals surface area contributed by atoms with Crippen LogP contribution in [0, 0.1) is 11.3 Å². The molecule has 2 rings (SSSR count). The van der Waals surface area contributed by atoms with Gasteiger partial charge in [0, 0.05) is 13.1 Å². The first kappa shape index (κ1) is 18.5. The van der Waals surface area contributed by atoms with Crippen LogP contribution in [0.2, 0.25) is 0 Å². The molecule has 0 radical (unpaired) electrons. The zero-order chi connectivity index (χ0) is 18.1. The van der Waals surface area contributed by atoms with Crippen molar-refractivity contribution in [2.75, 3.05) is 13.2 Å². The summed E-state index contributed by atoms with van der Waals surface area (Å²) < 4.78 is 5.63. The van der Waals surface area contributed by atoms with Crippen LogP contribution >= 0.6 is 0 Å². The van der Waals surface area contributed by atoms with E-state index < -0.39 is 0 Å². The number of benzene rings is 2. The first-order valence-electron chi connectivity index (χ1n) is 8.64. The van der Waals surface area contributed by atoms with Crippen LogP contribution in [-0.2, 0) is 17.8 Å². The summed E-state index contributed by atoms with van der Waals surface area (Å²) in [4.78, 5) is 14.3. The summed E-state index contributed by atoms with van der Waals surface area (Å²) in [7, 11) is 0. The predicted octanol–water partition coefficient (Wildman–Crippen LogP) is 3.94. The lowest BCUT2D eigenvalue weighted by molar-refractivity contribution is -0.134. The molecule has 0 aliphatic rings.